The average molecular weight is 725 g/mol. The maximum atomic E-state index is 11.2. The second-order valence-electron chi connectivity index (χ2n) is 17.8. The van der Waals surface area contributed by atoms with Crippen LogP contribution in [0.2, 0.25) is 0 Å². The zero-order chi connectivity index (χ0) is 37.7. The molecule has 5 rings (SSSR count). The topological polar surface area (TPSA) is 153 Å². The molecule has 51 heavy (non-hydrogen) atoms. The van der Waals surface area contributed by atoms with E-state index in [0.717, 1.165) is 32.1 Å². The number of aliphatic hydroxyl groups is 3. The Kier molecular flexibility index (Phi) is 12.5. The first-order chi connectivity index (χ1) is 23.8. The minimum absolute atomic E-state index is 0.0404. The van der Waals surface area contributed by atoms with Crippen molar-refractivity contribution in [3.05, 3.63) is 11.6 Å². The van der Waals surface area contributed by atoms with Crippen molar-refractivity contribution >= 4 is 5.97 Å². The number of methoxy groups -OCH3 is 1. The lowest BCUT2D eigenvalue weighted by Gasteiger charge is -2.50. The molecule has 11 heteroatoms. The highest BCUT2D eigenvalue weighted by molar-refractivity contribution is 5.85. The molecule has 294 valence electrons. The van der Waals surface area contributed by atoms with E-state index >= 15 is 0 Å². The number of carboxylic acids is 1. The van der Waals surface area contributed by atoms with Crippen LogP contribution in [0.15, 0.2) is 11.6 Å². The number of allylic oxidation sites excluding steroid dienone is 1. The largest absolute Gasteiger partial charge is 0.478 e. The fourth-order valence-electron chi connectivity index (χ4n) is 10.5. The van der Waals surface area contributed by atoms with E-state index in [1.165, 1.54) is 0 Å². The third kappa shape index (κ3) is 8.13. The Hall–Kier alpha value is -1.15. The number of hydrogen-bond donors (Lipinski definition) is 4. The minimum Gasteiger partial charge on any atom is -0.478 e. The first kappa shape index (κ1) is 41.0. The SMILES string of the molecule is CO[C@@H]1C[C@@H](C[C@H](O)CCC(C)/C=C(\C)C(=O)O)O[C@]2(O[C@](C)([C@H]3CC[C@@](C)([C@@H]4O[C@@H]([C@H]5O[C@@](O)(CO)[C@H](C)C[C@@H]5C)C[C@@H]4C)O3)C[C@H]2C)[C@@H]1C. The standard InChI is InChI=1S/C40H68O11/c1-22(15-25(4)36(43)44)11-12-29(42)18-30-19-31(46-10)28(7)40(48-30)27(6)20-38(9,51-40)33-13-14-37(8,49-33)35-24(3)17-32(47-35)34-23(2)16-26(5)39(45,21-41)50-34/h15,22-24,26-35,41-42,45H,11-14,16-21H2,1-10H3,(H,43,44)/b25-15+/t22?,23-,24-,26+,27+,28+,29+,30+,31+,32+,33+,34-,35+,37-,38-,39-,40+/m0/s1. The average Bonchev–Trinajstić information content (AvgIpc) is 3.74. The van der Waals surface area contributed by atoms with Crippen LogP contribution in [0.5, 0.6) is 0 Å². The van der Waals surface area contributed by atoms with Gasteiger partial charge in [-0.2, -0.15) is 0 Å². The molecule has 17 atom stereocenters. The lowest BCUT2D eigenvalue weighted by atomic mass is 9.78. The maximum Gasteiger partial charge on any atom is 0.330 e. The summed E-state index contributed by atoms with van der Waals surface area (Å²) in [6.45, 7) is 18.0. The van der Waals surface area contributed by atoms with Gasteiger partial charge in [0.1, 0.15) is 0 Å². The monoisotopic (exact) mass is 724 g/mol. The van der Waals surface area contributed by atoms with E-state index in [-0.39, 0.29) is 72.1 Å². The van der Waals surface area contributed by atoms with E-state index in [2.05, 4.69) is 41.5 Å². The van der Waals surface area contributed by atoms with Crippen molar-refractivity contribution in [2.24, 2.45) is 35.5 Å². The van der Waals surface area contributed by atoms with Gasteiger partial charge in [-0.25, -0.2) is 4.79 Å². The molecule has 5 fully saturated rings. The van der Waals surface area contributed by atoms with Gasteiger partial charge < -0.3 is 48.8 Å². The molecule has 5 saturated heterocycles. The highest BCUT2D eigenvalue weighted by atomic mass is 16.7. The number of ether oxygens (including phenoxy) is 6. The van der Waals surface area contributed by atoms with E-state index in [1.807, 2.05) is 13.8 Å². The third-order valence-electron chi connectivity index (χ3n) is 13.5. The Morgan fingerprint density at radius 2 is 1.69 bits per heavy atom. The lowest BCUT2D eigenvalue weighted by molar-refractivity contribution is -0.352. The highest BCUT2D eigenvalue weighted by Gasteiger charge is 2.65. The molecule has 5 heterocycles. The molecule has 0 radical (unpaired) electrons. The van der Waals surface area contributed by atoms with Crippen LogP contribution in [0.3, 0.4) is 0 Å². The summed E-state index contributed by atoms with van der Waals surface area (Å²) in [4.78, 5) is 11.2. The van der Waals surface area contributed by atoms with Gasteiger partial charge in [-0.3, -0.25) is 0 Å². The summed E-state index contributed by atoms with van der Waals surface area (Å²) >= 11 is 0. The summed E-state index contributed by atoms with van der Waals surface area (Å²) in [5, 5.41) is 41.2. The van der Waals surface area contributed by atoms with E-state index in [9.17, 15) is 25.2 Å². The van der Waals surface area contributed by atoms with Crippen LogP contribution in [-0.2, 0) is 33.2 Å². The Morgan fingerprint density at radius 3 is 2.33 bits per heavy atom. The van der Waals surface area contributed by atoms with Crippen LogP contribution in [0.4, 0.5) is 0 Å². The first-order valence-corrected chi connectivity index (χ1v) is 19.6. The first-order valence-electron chi connectivity index (χ1n) is 19.6. The van der Waals surface area contributed by atoms with Gasteiger partial charge in [-0.1, -0.05) is 47.6 Å². The van der Waals surface area contributed by atoms with Gasteiger partial charge in [0.2, 0.25) is 0 Å². The van der Waals surface area contributed by atoms with Gasteiger partial charge >= 0.3 is 5.97 Å². The third-order valence-corrected chi connectivity index (χ3v) is 13.5. The molecule has 1 spiro atoms. The number of aliphatic hydroxyl groups excluding tert-OH is 2. The Labute approximate surface area is 305 Å². The quantitative estimate of drug-likeness (QED) is 0.186. The predicted molar refractivity (Wildman–Crippen MR) is 191 cm³/mol. The van der Waals surface area contributed by atoms with Crippen LogP contribution in [0, 0.1) is 35.5 Å². The van der Waals surface area contributed by atoms with Crippen molar-refractivity contribution in [1.29, 1.82) is 0 Å². The van der Waals surface area contributed by atoms with E-state index in [4.69, 9.17) is 28.4 Å². The van der Waals surface area contributed by atoms with Crippen molar-refractivity contribution in [2.75, 3.05) is 13.7 Å². The molecular formula is C40H68O11. The van der Waals surface area contributed by atoms with Crippen molar-refractivity contribution < 1.29 is 53.6 Å². The van der Waals surface area contributed by atoms with Crippen LogP contribution in [-0.4, -0.2) is 106 Å². The molecule has 0 saturated carbocycles. The summed E-state index contributed by atoms with van der Waals surface area (Å²) < 4.78 is 40.1. The predicted octanol–water partition coefficient (Wildman–Crippen LogP) is 5.61. The van der Waals surface area contributed by atoms with Crippen molar-refractivity contribution in [1.82, 2.24) is 0 Å². The summed E-state index contributed by atoms with van der Waals surface area (Å²) in [5.74, 6) is -3.08. The van der Waals surface area contributed by atoms with E-state index < -0.39 is 41.5 Å². The van der Waals surface area contributed by atoms with E-state index in [1.54, 1.807) is 20.1 Å². The summed E-state index contributed by atoms with van der Waals surface area (Å²) in [6.07, 6.45) is 6.24. The number of carbonyl (C=O) groups is 1. The maximum absolute atomic E-state index is 11.2. The Morgan fingerprint density at radius 1 is 0.980 bits per heavy atom. The molecular weight excluding hydrogens is 656 g/mol. The van der Waals surface area contributed by atoms with Crippen molar-refractivity contribution in [2.45, 2.75) is 186 Å². The van der Waals surface area contributed by atoms with Gasteiger partial charge in [0.15, 0.2) is 11.6 Å². The Balaban J connectivity index is 1.24. The highest BCUT2D eigenvalue weighted by Crippen LogP contribution is 2.57. The number of carboxylic acid groups (broad SMARTS) is 1. The second-order valence-corrected chi connectivity index (χ2v) is 17.8. The van der Waals surface area contributed by atoms with E-state index in [0.29, 0.717) is 31.3 Å². The number of hydrogen-bond acceptors (Lipinski definition) is 10. The number of aliphatic carboxylic acids is 1. The fraction of sp³-hybridized carbons (Fsp3) is 0.925. The molecule has 5 aliphatic rings. The molecule has 0 aromatic carbocycles. The van der Waals surface area contributed by atoms with Crippen LogP contribution in [0.25, 0.3) is 0 Å². The van der Waals surface area contributed by atoms with Gasteiger partial charge in [-0.15, -0.1) is 0 Å². The molecule has 0 bridgehead atoms. The smallest absolute Gasteiger partial charge is 0.330 e. The Bertz CT molecular complexity index is 1240. The van der Waals surface area contributed by atoms with Crippen LogP contribution in [0.1, 0.15) is 120 Å². The fourth-order valence-corrected chi connectivity index (χ4v) is 10.5. The molecule has 5 aliphatic heterocycles. The van der Waals surface area contributed by atoms with Gasteiger partial charge in [0, 0.05) is 36.9 Å². The number of rotatable bonds is 12. The van der Waals surface area contributed by atoms with Gasteiger partial charge in [0.25, 0.3) is 0 Å². The second kappa shape index (κ2) is 15.5. The van der Waals surface area contributed by atoms with Crippen molar-refractivity contribution in [3.8, 4) is 0 Å². The van der Waals surface area contributed by atoms with Gasteiger partial charge in [-0.05, 0) is 89.9 Å². The summed E-state index contributed by atoms with van der Waals surface area (Å²) in [5.41, 5.74) is -0.818. The lowest BCUT2D eigenvalue weighted by Crippen LogP contribution is -2.58. The minimum atomic E-state index is -1.56. The summed E-state index contributed by atoms with van der Waals surface area (Å²) in [6, 6.07) is 0. The molecule has 1 unspecified atom stereocenters. The summed E-state index contributed by atoms with van der Waals surface area (Å²) in [7, 11) is 1.73. The molecule has 0 aromatic heterocycles. The molecule has 4 N–H and O–H groups in total. The van der Waals surface area contributed by atoms with Gasteiger partial charge in [0.05, 0.1) is 60.5 Å². The normalized spacial score (nSPS) is 49.0. The molecule has 11 nitrogen and oxygen atoms in total. The zero-order valence-electron chi connectivity index (χ0n) is 32.8. The van der Waals surface area contributed by atoms with Crippen LogP contribution < -0.4 is 0 Å². The molecule has 0 aliphatic carbocycles. The van der Waals surface area contributed by atoms with Crippen LogP contribution >= 0.6 is 0 Å². The molecule has 0 amide bonds. The zero-order valence-corrected chi connectivity index (χ0v) is 32.8. The van der Waals surface area contributed by atoms with Crippen molar-refractivity contribution in [3.63, 3.8) is 0 Å². The molecule has 0 aromatic rings.